The van der Waals surface area contributed by atoms with Gasteiger partial charge in [-0.1, -0.05) is 13.8 Å². The number of aryl methyl sites for hydroxylation is 1. The Balaban J connectivity index is 2.27. The first-order valence-corrected chi connectivity index (χ1v) is 6.72. The second kappa shape index (κ2) is 4.98. The molecule has 2 aromatic heterocycles. The Hall–Kier alpha value is -1.20. The fourth-order valence-electron chi connectivity index (χ4n) is 1.69. The van der Waals surface area contributed by atoms with Crippen molar-refractivity contribution in [3.8, 4) is 0 Å². The zero-order chi connectivity index (χ0) is 12.4. The van der Waals surface area contributed by atoms with E-state index in [1.165, 1.54) is 0 Å². The minimum Gasteiger partial charge on any atom is -0.333 e. The van der Waals surface area contributed by atoms with E-state index in [9.17, 15) is 0 Å². The topological polar surface area (TPSA) is 56.7 Å². The summed E-state index contributed by atoms with van der Waals surface area (Å²) < 4.78 is 2.06. The average Bonchev–Trinajstić information content (AvgIpc) is 2.96. The highest BCUT2D eigenvalue weighted by Gasteiger charge is 2.17. The Labute approximate surface area is 106 Å². The van der Waals surface area contributed by atoms with Crippen LogP contribution in [0.25, 0.3) is 0 Å². The zero-order valence-electron chi connectivity index (χ0n) is 10.4. The van der Waals surface area contributed by atoms with E-state index >= 15 is 0 Å². The van der Waals surface area contributed by atoms with Gasteiger partial charge >= 0.3 is 0 Å². The number of nitrogens with two attached hydrogens (primary N) is 1. The van der Waals surface area contributed by atoms with Gasteiger partial charge in [-0.15, -0.1) is 11.3 Å². The lowest BCUT2D eigenvalue weighted by Gasteiger charge is -2.10. The van der Waals surface area contributed by atoms with Gasteiger partial charge in [-0.05, 0) is 12.8 Å². The largest absolute Gasteiger partial charge is 0.333 e. The molecule has 0 saturated carbocycles. The highest BCUT2D eigenvalue weighted by atomic mass is 32.1. The molecule has 0 spiro atoms. The van der Waals surface area contributed by atoms with Crippen LogP contribution in [0.4, 0.5) is 0 Å². The van der Waals surface area contributed by atoms with E-state index in [0.717, 1.165) is 22.9 Å². The van der Waals surface area contributed by atoms with E-state index < -0.39 is 0 Å². The Kier molecular flexibility index (Phi) is 3.59. The number of hydrogen-bond acceptors (Lipinski definition) is 4. The van der Waals surface area contributed by atoms with Gasteiger partial charge in [0.2, 0.25) is 0 Å². The first kappa shape index (κ1) is 12.3. The summed E-state index contributed by atoms with van der Waals surface area (Å²) in [4.78, 5) is 8.73. The first-order valence-electron chi connectivity index (χ1n) is 5.84. The van der Waals surface area contributed by atoms with Gasteiger partial charge in [0, 0.05) is 11.9 Å². The maximum atomic E-state index is 6.24. The van der Waals surface area contributed by atoms with Gasteiger partial charge in [-0.25, -0.2) is 9.97 Å². The second-order valence-corrected chi connectivity index (χ2v) is 5.24. The molecule has 0 aliphatic rings. The molecular formula is C12H18N4S. The summed E-state index contributed by atoms with van der Waals surface area (Å²) in [6, 6.07) is -0.171. The van der Waals surface area contributed by atoms with Gasteiger partial charge < -0.3 is 10.3 Å². The summed E-state index contributed by atoms with van der Waals surface area (Å²) in [6.45, 7) is 7.24. The van der Waals surface area contributed by atoms with Crippen molar-refractivity contribution in [2.75, 3.05) is 0 Å². The summed E-state index contributed by atoms with van der Waals surface area (Å²) in [5.74, 6) is 0.447. The van der Waals surface area contributed by atoms with Gasteiger partial charge in [0.1, 0.15) is 5.01 Å². The molecule has 4 nitrogen and oxygen atoms in total. The van der Waals surface area contributed by atoms with Crippen molar-refractivity contribution in [1.29, 1.82) is 0 Å². The monoisotopic (exact) mass is 250 g/mol. The number of aromatic nitrogens is 3. The molecule has 2 heterocycles. The zero-order valence-corrected chi connectivity index (χ0v) is 11.2. The quantitative estimate of drug-likeness (QED) is 0.907. The Morgan fingerprint density at radius 1 is 1.47 bits per heavy atom. The molecule has 1 unspecified atom stereocenters. The average molecular weight is 250 g/mol. The molecule has 1 atom stereocenters. The lowest BCUT2D eigenvalue weighted by Crippen LogP contribution is -2.16. The van der Waals surface area contributed by atoms with Crippen molar-refractivity contribution in [2.24, 2.45) is 5.73 Å². The minimum absolute atomic E-state index is 0.171. The van der Waals surface area contributed by atoms with Gasteiger partial charge in [0.25, 0.3) is 0 Å². The van der Waals surface area contributed by atoms with Crippen LogP contribution in [0, 0.1) is 0 Å². The molecule has 0 fully saturated rings. The van der Waals surface area contributed by atoms with Gasteiger partial charge in [0.05, 0.1) is 30.0 Å². The van der Waals surface area contributed by atoms with E-state index in [4.69, 9.17) is 5.73 Å². The van der Waals surface area contributed by atoms with E-state index in [-0.39, 0.29) is 6.04 Å². The number of imidazole rings is 1. The van der Waals surface area contributed by atoms with E-state index in [1.807, 2.05) is 12.5 Å². The summed E-state index contributed by atoms with van der Waals surface area (Å²) in [5.41, 5.74) is 8.38. The molecule has 0 aliphatic carbocycles. The lowest BCUT2D eigenvalue weighted by atomic mass is 10.1. The molecule has 2 rings (SSSR count). The first-order chi connectivity index (χ1) is 8.13. The number of thiazole rings is 1. The summed E-state index contributed by atoms with van der Waals surface area (Å²) >= 11 is 1.63. The highest BCUT2D eigenvalue weighted by Crippen LogP contribution is 2.25. The third-order valence-electron chi connectivity index (χ3n) is 2.80. The molecule has 0 aromatic carbocycles. The third kappa shape index (κ3) is 2.40. The smallest absolute Gasteiger partial charge is 0.116 e. The lowest BCUT2D eigenvalue weighted by molar-refractivity contribution is 0.670. The molecule has 0 aliphatic heterocycles. The van der Waals surface area contributed by atoms with Crippen LogP contribution < -0.4 is 5.73 Å². The van der Waals surface area contributed by atoms with E-state index in [0.29, 0.717) is 5.92 Å². The molecule has 92 valence electrons. The summed E-state index contributed by atoms with van der Waals surface area (Å²) in [6.07, 6.45) is 3.64. The maximum absolute atomic E-state index is 6.24. The fraction of sp³-hybridized carbons (Fsp3) is 0.500. The predicted octanol–water partition coefficient (Wildman–Crippen LogP) is 2.53. The predicted molar refractivity (Wildman–Crippen MR) is 70.1 cm³/mol. The molecule has 0 radical (unpaired) electrons. The van der Waals surface area contributed by atoms with Crippen LogP contribution in [0.3, 0.4) is 0 Å². The maximum Gasteiger partial charge on any atom is 0.116 e. The van der Waals surface area contributed by atoms with Crippen molar-refractivity contribution in [2.45, 2.75) is 39.3 Å². The standard InChI is InChI=1S/C12H18N4S/c1-4-16-7-14-5-10(16)11(13)12-15-9(6-17-12)8(2)3/h5-8,11H,4,13H2,1-3H3. The molecular weight excluding hydrogens is 232 g/mol. The molecule has 5 heteroatoms. The van der Waals surface area contributed by atoms with Crippen LogP contribution >= 0.6 is 11.3 Å². The van der Waals surface area contributed by atoms with Crippen LogP contribution in [0.5, 0.6) is 0 Å². The number of hydrogen-bond donors (Lipinski definition) is 1. The fourth-order valence-corrected chi connectivity index (χ4v) is 2.68. The normalized spacial score (nSPS) is 13.2. The second-order valence-electron chi connectivity index (χ2n) is 4.35. The molecule has 0 saturated heterocycles. The van der Waals surface area contributed by atoms with Gasteiger partial charge in [0.15, 0.2) is 0 Å². The molecule has 17 heavy (non-hydrogen) atoms. The Morgan fingerprint density at radius 2 is 2.24 bits per heavy atom. The van der Waals surface area contributed by atoms with Crippen molar-refractivity contribution in [3.05, 3.63) is 34.3 Å². The van der Waals surface area contributed by atoms with E-state index in [1.54, 1.807) is 11.3 Å². The summed E-state index contributed by atoms with van der Waals surface area (Å²) in [5, 5.41) is 3.05. The molecule has 0 bridgehead atoms. The minimum atomic E-state index is -0.171. The summed E-state index contributed by atoms with van der Waals surface area (Å²) in [7, 11) is 0. The molecule has 0 amide bonds. The molecule has 2 N–H and O–H groups in total. The third-order valence-corrected chi connectivity index (χ3v) is 3.75. The number of rotatable bonds is 4. The van der Waals surface area contributed by atoms with Crippen molar-refractivity contribution >= 4 is 11.3 Å². The van der Waals surface area contributed by atoms with Crippen LogP contribution in [0.15, 0.2) is 17.9 Å². The highest BCUT2D eigenvalue weighted by molar-refractivity contribution is 7.09. The Bertz CT molecular complexity index is 486. The van der Waals surface area contributed by atoms with Crippen molar-refractivity contribution < 1.29 is 0 Å². The van der Waals surface area contributed by atoms with Gasteiger partial charge in [-0.3, -0.25) is 0 Å². The SMILES string of the molecule is CCn1cncc1C(N)c1nc(C(C)C)cs1. The molecule has 2 aromatic rings. The number of nitrogens with zero attached hydrogens (tertiary/aromatic N) is 3. The van der Waals surface area contributed by atoms with Crippen LogP contribution in [-0.2, 0) is 6.54 Å². The Morgan fingerprint density at radius 3 is 2.82 bits per heavy atom. The van der Waals surface area contributed by atoms with Crippen LogP contribution in [-0.4, -0.2) is 14.5 Å². The van der Waals surface area contributed by atoms with E-state index in [2.05, 4.69) is 40.7 Å². The van der Waals surface area contributed by atoms with Crippen molar-refractivity contribution in [1.82, 2.24) is 14.5 Å². The van der Waals surface area contributed by atoms with Gasteiger partial charge in [-0.2, -0.15) is 0 Å². The van der Waals surface area contributed by atoms with Crippen molar-refractivity contribution in [3.63, 3.8) is 0 Å². The van der Waals surface area contributed by atoms with Crippen LogP contribution in [0.1, 0.15) is 49.1 Å². The van der Waals surface area contributed by atoms with Crippen LogP contribution in [0.2, 0.25) is 0 Å².